The molecule has 3 N–H and O–H groups in total. The molecule has 8 nitrogen and oxygen atoms in total. The number of hydrogen-bond acceptors (Lipinski definition) is 7. The fourth-order valence-corrected chi connectivity index (χ4v) is 1.59. The van der Waals surface area contributed by atoms with E-state index >= 15 is 0 Å². The van der Waals surface area contributed by atoms with Gasteiger partial charge in [-0.3, -0.25) is 10.1 Å². The molecule has 10 heteroatoms. The smallest absolute Gasteiger partial charge is 0.744 e. The molecule has 0 bridgehead atoms. The molecule has 0 aromatic heterocycles. The maximum absolute atomic E-state index is 10.6. The van der Waals surface area contributed by atoms with Crippen molar-refractivity contribution in [2.45, 2.75) is 4.90 Å². The second-order valence-electron chi connectivity index (χ2n) is 2.59. The SMILES string of the molecule is Nc1c([N+](=O)[O-])cc(O)cc1S(=O)(=O)[O-].[Li+]. The van der Waals surface area contributed by atoms with Crippen LogP contribution in [0.3, 0.4) is 0 Å². The summed E-state index contributed by atoms with van der Waals surface area (Å²) in [5.41, 5.74) is 3.49. The molecule has 0 unspecified atom stereocenters. The Hall–Kier alpha value is -1.27. The predicted octanol–water partition coefficient (Wildman–Crippen LogP) is -3.21. The van der Waals surface area contributed by atoms with Crippen molar-refractivity contribution in [3.63, 3.8) is 0 Å². The second kappa shape index (κ2) is 4.71. The molecule has 0 saturated carbocycles. The van der Waals surface area contributed by atoms with Gasteiger partial charge in [-0.1, -0.05) is 0 Å². The fourth-order valence-electron chi connectivity index (χ4n) is 0.956. The van der Waals surface area contributed by atoms with Gasteiger partial charge in [0.1, 0.15) is 21.6 Å². The monoisotopic (exact) mass is 240 g/mol. The Morgan fingerprint density at radius 1 is 1.38 bits per heavy atom. The van der Waals surface area contributed by atoms with Crippen LogP contribution in [-0.4, -0.2) is 23.0 Å². The van der Waals surface area contributed by atoms with Gasteiger partial charge in [0.25, 0.3) is 5.69 Å². The summed E-state index contributed by atoms with van der Waals surface area (Å²) in [5, 5.41) is 19.3. The molecule has 0 radical (unpaired) electrons. The number of benzene rings is 1. The number of nitrogen functional groups attached to an aromatic ring is 1. The molecular weight excluding hydrogens is 235 g/mol. The molecule has 0 saturated heterocycles. The van der Waals surface area contributed by atoms with Gasteiger partial charge >= 0.3 is 18.9 Å². The maximum atomic E-state index is 10.6. The van der Waals surface area contributed by atoms with Crippen LogP contribution in [0.15, 0.2) is 17.0 Å². The van der Waals surface area contributed by atoms with E-state index in [1.54, 1.807) is 0 Å². The standard InChI is InChI=1S/C6H6N2O6S.Li/c7-6-4(8(10)11)1-3(9)2-5(6)15(12,13)14;/h1-2,9H,7H2,(H,12,13,14);/q;+1/p-1. The summed E-state index contributed by atoms with van der Waals surface area (Å²) in [6.07, 6.45) is 0. The third-order valence-electron chi connectivity index (χ3n) is 1.57. The van der Waals surface area contributed by atoms with Crippen molar-refractivity contribution >= 4 is 21.5 Å². The summed E-state index contributed by atoms with van der Waals surface area (Å²) in [5.74, 6) is -0.717. The van der Waals surface area contributed by atoms with Gasteiger partial charge in [0, 0.05) is 0 Å². The van der Waals surface area contributed by atoms with E-state index in [0.717, 1.165) is 0 Å². The van der Waals surface area contributed by atoms with Gasteiger partial charge in [-0.2, -0.15) is 0 Å². The average Bonchev–Trinajstić information content (AvgIpc) is 2.06. The number of anilines is 1. The van der Waals surface area contributed by atoms with Crippen molar-refractivity contribution in [2.75, 3.05) is 5.73 Å². The molecule has 0 amide bonds. The van der Waals surface area contributed by atoms with Crippen LogP contribution in [0.1, 0.15) is 0 Å². The zero-order valence-electron chi connectivity index (χ0n) is 8.08. The molecule has 1 aromatic carbocycles. The number of nitro benzene ring substituents is 1. The van der Waals surface area contributed by atoms with Gasteiger partial charge in [-0.05, 0) is 6.07 Å². The van der Waals surface area contributed by atoms with Crippen molar-refractivity contribution in [1.82, 2.24) is 0 Å². The Balaban J connectivity index is 0.00000225. The molecule has 0 fully saturated rings. The molecule has 0 aliphatic rings. The number of rotatable bonds is 2. The van der Waals surface area contributed by atoms with Crippen molar-refractivity contribution in [2.24, 2.45) is 0 Å². The number of nitro groups is 1. The minimum atomic E-state index is -4.95. The number of nitrogens with two attached hydrogens (primary N) is 1. The molecule has 0 spiro atoms. The van der Waals surface area contributed by atoms with E-state index in [9.17, 15) is 23.1 Å². The van der Waals surface area contributed by atoms with E-state index in [-0.39, 0.29) is 18.9 Å². The normalized spacial score (nSPS) is 10.6. The van der Waals surface area contributed by atoms with Gasteiger partial charge < -0.3 is 15.4 Å². The number of phenols is 1. The van der Waals surface area contributed by atoms with Gasteiger partial charge in [0.2, 0.25) is 0 Å². The predicted molar refractivity (Wildman–Crippen MR) is 47.1 cm³/mol. The van der Waals surface area contributed by atoms with Crippen LogP contribution in [0.2, 0.25) is 0 Å². The molecule has 0 aliphatic carbocycles. The molecule has 82 valence electrons. The van der Waals surface area contributed by atoms with Crippen LogP contribution in [0.25, 0.3) is 0 Å². The average molecular weight is 240 g/mol. The Labute approximate surface area is 102 Å². The first-order valence-electron chi connectivity index (χ1n) is 3.46. The number of nitrogens with zero attached hydrogens (tertiary/aromatic N) is 1. The first kappa shape index (κ1) is 14.7. The van der Waals surface area contributed by atoms with Crippen molar-refractivity contribution in [1.29, 1.82) is 0 Å². The first-order chi connectivity index (χ1) is 6.73. The number of phenolic OH excluding ortho intramolecular Hbond substituents is 1. The van der Waals surface area contributed by atoms with Crippen LogP contribution in [0.4, 0.5) is 11.4 Å². The van der Waals surface area contributed by atoms with Gasteiger partial charge in [-0.25, -0.2) is 8.42 Å². The summed E-state index contributed by atoms with van der Waals surface area (Å²) in [4.78, 5) is 8.37. The van der Waals surface area contributed by atoms with Crippen LogP contribution in [0, 0.1) is 10.1 Å². The Kier molecular flexibility index (Phi) is 4.34. The minimum absolute atomic E-state index is 0. The number of hydrogen-bond donors (Lipinski definition) is 2. The van der Waals surface area contributed by atoms with Crippen LogP contribution in [-0.2, 0) is 10.1 Å². The molecule has 0 heterocycles. The summed E-state index contributed by atoms with van der Waals surface area (Å²) < 4.78 is 31.8. The zero-order valence-corrected chi connectivity index (χ0v) is 8.89. The summed E-state index contributed by atoms with van der Waals surface area (Å²) in [7, 11) is -4.95. The van der Waals surface area contributed by atoms with Crippen molar-refractivity contribution < 1.29 is 41.9 Å². The van der Waals surface area contributed by atoms with Gasteiger partial charge in [0.15, 0.2) is 0 Å². The Morgan fingerprint density at radius 2 is 1.88 bits per heavy atom. The van der Waals surface area contributed by atoms with Gasteiger partial charge in [0.05, 0.1) is 15.9 Å². The zero-order chi connectivity index (χ0) is 11.8. The summed E-state index contributed by atoms with van der Waals surface area (Å²) in [6.45, 7) is 0. The molecule has 0 atom stereocenters. The molecule has 1 aromatic rings. The molecule has 0 aliphatic heterocycles. The number of aromatic hydroxyl groups is 1. The topological polar surface area (TPSA) is 147 Å². The third kappa shape index (κ3) is 2.86. The van der Waals surface area contributed by atoms with Crippen LogP contribution >= 0.6 is 0 Å². The quantitative estimate of drug-likeness (QED) is 0.138. The van der Waals surface area contributed by atoms with Crippen LogP contribution in [0.5, 0.6) is 5.75 Å². The maximum Gasteiger partial charge on any atom is 1.00 e. The van der Waals surface area contributed by atoms with E-state index < -0.39 is 37.1 Å². The van der Waals surface area contributed by atoms with Crippen LogP contribution < -0.4 is 24.6 Å². The fraction of sp³-hybridized carbons (Fsp3) is 0. The van der Waals surface area contributed by atoms with Crippen molar-refractivity contribution in [3.05, 3.63) is 22.2 Å². The van der Waals surface area contributed by atoms with Gasteiger partial charge in [-0.15, -0.1) is 0 Å². The summed E-state index contributed by atoms with van der Waals surface area (Å²) in [6, 6.07) is 1.22. The van der Waals surface area contributed by atoms with E-state index in [1.807, 2.05) is 0 Å². The van der Waals surface area contributed by atoms with Crippen molar-refractivity contribution in [3.8, 4) is 5.75 Å². The van der Waals surface area contributed by atoms with E-state index in [0.29, 0.717) is 12.1 Å². The Bertz CT molecular complexity index is 528. The minimum Gasteiger partial charge on any atom is -0.744 e. The molecular formula is C6H5LiN2O6S. The van der Waals surface area contributed by atoms with E-state index in [4.69, 9.17) is 10.8 Å². The Morgan fingerprint density at radius 3 is 2.25 bits per heavy atom. The summed E-state index contributed by atoms with van der Waals surface area (Å²) >= 11 is 0. The third-order valence-corrected chi connectivity index (χ3v) is 2.45. The molecule has 1 rings (SSSR count). The molecule has 16 heavy (non-hydrogen) atoms. The second-order valence-corrected chi connectivity index (χ2v) is 3.94. The van der Waals surface area contributed by atoms with E-state index in [2.05, 4.69) is 0 Å². The van der Waals surface area contributed by atoms with E-state index in [1.165, 1.54) is 0 Å². The largest absolute Gasteiger partial charge is 1.00 e. The first-order valence-corrected chi connectivity index (χ1v) is 4.87.